The van der Waals surface area contributed by atoms with E-state index in [1.807, 2.05) is 0 Å². The Balaban J connectivity index is 2.73. The van der Waals surface area contributed by atoms with Crippen molar-refractivity contribution < 1.29 is 4.92 Å². The van der Waals surface area contributed by atoms with Gasteiger partial charge in [-0.2, -0.15) is 15.4 Å². The Morgan fingerprint density at radius 1 is 1.44 bits per heavy atom. The summed E-state index contributed by atoms with van der Waals surface area (Å²) in [6.07, 6.45) is 0. The quantitative estimate of drug-likeness (QED) is 0.643. The van der Waals surface area contributed by atoms with Crippen LogP contribution in [0.15, 0.2) is 18.2 Å². The highest BCUT2D eigenvalue weighted by molar-refractivity contribution is 6.33. The second-order valence-corrected chi connectivity index (χ2v) is 3.56. The van der Waals surface area contributed by atoms with Crippen LogP contribution in [0, 0.1) is 17.0 Å². The van der Waals surface area contributed by atoms with Crippen LogP contribution in [0.3, 0.4) is 0 Å². The molecule has 0 fully saturated rings. The Hall–Kier alpha value is -1.95. The average Bonchev–Trinajstić information content (AvgIpc) is 2.64. The van der Waals surface area contributed by atoms with E-state index < -0.39 is 4.92 Å². The molecule has 6 nitrogen and oxygen atoms in total. The lowest BCUT2D eigenvalue weighted by Crippen LogP contribution is -1.94. The highest BCUT2D eigenvalue weighted by atomic mass is 35.5. The molecule has 7 heteroatoms. The molecule has 1 heterocycles. The van der Waals surface area contributed by atoms with Crippen molar-refractivity contribution >= 4 is 17.3 Å². The molecule has 0 bridgehead atoms. The van der Waals surface area contributed by atoms with Gasteiger partial charge in [-0.05, 0) is 13.0 Å². The highest BCUT2D eigenvalue weighted by Gasteiger charge is 2.22. The Morgan fingerprint density at radius 3 is 2.75 bits per heavy atom. The van der Waals surface area contributed by atoms with Gasteiger partial charge in [0.05, 0.1) is 15.6 Å². The van der Waals surface area contributed by atoms with Crippen LogP contribution >= 0.6 is 11.6 Å². The Bertz CT molecular complexity index is 552. The number of aromatic amines is 1. The van der Waals surface area contributed by atoms with Crippen LogP contribution in [-0.2, 0) is 0 Å². The summed E-state index contributed by atoms with van der Waals surface area (Å²) >= 11 is 5.95. The van der Waals surface area contributed by atoms with E-state index in [1.165, 1.54) is 12.1 Å². The topological polar surface area (TPSA) is 84.7 Å². The van der Waals surface area contributed by atoms with Crippen molar-refractivity contribution in [2.24, 2.45) is 0 Å². The molecule has 0 radical (unpaired) electrons. The molecule has 0 aliphatic rings. The van der Waals surface area contributed by atoms with Gasteiger partial charge in [0.25, 0.3) is 5.69 Å². The van der Waals surface area contributed by atoms with E-state index in [1.54, 1.807) is 13.0 Å². The average molecular weight is 239 g/mol. The first kappa shape index (κ1) is 10.6. The molecule has 1 aromatic heterocycles. The first-order valence-electron chi connectivity index (χ1n) is 4.42. The first-order chi connectivity index (χ1) is 7.61. The molecule has 1 aromatic carbocycles. The number of aryl methyl sites for hydroxylation is 1. The van der Waals surface area contributed by atoms with Gasteiger partial charge in [0.1, 0.15) is 11.3 Å². The molecule has 2 rings (SSSR count). The largest absolute Gasteiger partial charge is 0.280 e. The van der Waals surface area contributed by atoms with Gasteiger partial charge in [-0.25, -0.2) is 0 Å². The highest BCUT2D eigenvalue weighted by Crippen LogP contribution is 2.35. The van der Waals surface area contributed by atoms with Crippen LogP contribution < -0.4 is 0 Å². The van der Waals surface area contributed by atoms with E-state index >= 15 is 0 Å². The number of nitro benzene ring substituents is 1. The van der Waals surface area contributed by atoms with E-state index in [0.717, 1.165) is 0 Å². The van der Waals surface area contributed by atoms with E-state index in [0.29, 0.717) is 17.0 Å². The third-order valence-electron chi connectivity index (χ3n) is 2.15. The fourth-order valence-electron chi connectivity index (χ4n) is 1.42. The van der Waals surface area contributed by atoms with Gasteiger partial charge in [-0.1, -0.05) is 17.7 Å². The zero-order chi connectivity index (χ0) is 11.7. The van der Waals surface area contributed by atoms with Crippen molar-refractivity contribution in [3.63, 3.8) is 0 Å². The van der Waals surface area contributed by atoms with Crippen LogP contribution in [0.5, 0.6) is 0 Å². The minimum absolute atomic E-state index is 0.0792. The number of nitro groups is 1. The normalized spacial score (nSPS) is 10.4. The molecule has 0 amide bonds. The molecule has 0 aliphatic heterocycles. The van der Waals surface area contributed by atoms with Crippen molar-refractivity contribution in [1.29, 1.82) is 0 Å². The van der Waals surface area contributed by atoms with E-state index in [2.05, 4.69) is 15.4 Å². The smallest absolute Gasteiger partial charge is 0.258 e. The number of H-pyrrole nitrogens is 1. The van der Waals surface area contributed by atoms with Crippen molar-refractivity contribution in [3.05, 3.63) is 39.0 Å². The number of nitrogens with one attached hydrogen (secondary N) is 1. The number of hydrogen-bond acceptors (Lipinski definition) is 4. The lowest BCUT2D eigenvalue weighted by Gasteiger charge is -2.02. The number of hydrogen-bond donors (Lipinski definition) is 1. The van der Waals surface area contributed by atoms with Crippen molar-refractivity contribution in [3.8, 4) is 11.3 Å². The maximum Gasteiger partial charge on any atom is 0.280 e. The first-order valence-corrected chi connectivity index (χ1v) is 4.79. The summed E-state index contributed by atoms with van der Waals surface area (Å²) in [5.41, 5.74) is 1.18. The van der Waals surface area contributed by atoms with Crippen LogP contribution in [0.1, 0.15) is 5.69 Å². The molecule has 0 aliphatic carbocycles. The molecule has 0 saturated carbocycles. The molecule has 0 unspecified atom stereocenters. The van der Waals surface area contributed by atoms with Crippen LogP contribution in [0.4, 0.5) is 5.69 Å². The van der Waals surface area contributed by atoms with Crippen molar-refractivity contribution in [2.75, 3.05) is 0 Å². The summed E-state index contributed by atoms with van der Waals surface area (Å²) in [6, 6.07) is 4.49. The van der Waals surface area contributed by atoms with Gasteiger partial charge in [0, 0.05) is 6.07 Å². The maximum atomic E-state index is 10.9. The number of benzene rings is 1. The lowest BCUT2D eigenvalue weighted by atomic mass is 10.1. The van der Waals surface area contributed by atoms with Gasteiger partial charge >= 0.3 is 0 Å². The Morgan fingerprint density at radius 2 is 2.19 bits per heavy atom. The molecule has 82 valence electrons. The molecule has 0 atom stereocenters. The SMILES string of the molecule is Cc1n[nH]nc1-c1c(Cl)cccc1[N+](=O)[O-]. The fraction of sp³-hybridized carbons (Fsp3) is 0.111. The van der Waals surface area contributed by atoms with Crippen molar-refractivity contribution in [1.82, 2.24) is 15.4 Å². The summed E-state index contributed by atoms with van der Waals surface area (Å²) in [6.45, 7) is 1.70. The molecular formula is C9H7ClN4O2. The zero-order valence-corrected chi connectivity index (χ0v) is 9.02. The summed E-state index contributed by atoms with van der Waals surface area (Å²) < 4.78 is 0. The third-order valence-corrected chi connectivity index (χ3v) is 2.46. The van der Waals surface area contributed by atoms with E-state index in [-0.39, 0.29) is 10.7 Å². The number of rotatable bonds is 2. The molecule has 0 saturated heterocycles. The Labute approximate surface area is 95.4 Å². The molecule has 2 aromatic rings. The zero-order valence-electron chi connectivity index (χ0n) is 8.27. The molecule has 0 spiro atoms. The molecule has 1 N–H and O–H groups in total. The van der Waals surface area contributed by atoms with Crippen LogP contribution in [0.2, 0.25) is 5.02 Å². The fourth-order valence-corrected chi connectivity index (χ4v) is 1.68. The maximum absolute atomic E-state index is 10.9. The lowest BCUT2D eigenvalue weighted by molar-refractivity contribution is -0.384. The predicted octanol–water partition coefficient (Wildman–Crippen LogP) is 2.34. The van der Waals surface area contributed by atoms with E-state index in [4.69, 9.17) is 11.6 Å². The second kappa shape index (κ2) is 3.90. The minimum Gasteiger partial charge on any atom is -0.258 e. The number of halogens is 1. The summed E-state index contributed by atoms with van der Waals surface area (Å²) in [5, 5.41) is 21.2. The van der Waals surface area contributed by atoms with Gasteiger partial charge in [0.15, 0.2) is 0 Å². The summed E-state index contributed by atoms with van der Waals surface area (Å²) in [4.78, 5) is 10.4. The Kier molecular flexibility index (Phi) is 2.57. The standard InChI is InChI=1S/C9H7ClN4O2/c1-5-9(12-13-11-5)8-6(10)3-2-4-7(8)14(15)16/h2-4H,1H3,(H,11,12,13). The predicted molar refractivity (Wildman–Crippen MR) is 58.2 cm³/mol. The van der Waals surface area contributed by atoms with Crippen LogP contribution in [0.25, 0.3) is 11.3 Å². The number of aromatic nitrogens is 3. The number of nitrogens with zero attached hydrogens (tertiary/aromatic N) is 3. The molecule has 16 heavy (non-hydrogen) atoms. The summed E-state index contributed by atoms with van der Waals surface area (Å²) in [7, 11) is 0. The van der Waals surface area contributed by atoms with Crippen molar-refractivity contribution in [2.45, 2.75) is 6.92 Å². The molecular weight excluding hydrogens is 232 g/mol. The van der Waals surface area contributed by atoms with Gasteiger partial charge in [-0.15, -0.1) is 0 Å². The summed E-state index contributed by atoms with van der Waals surface area (Å²) in [5.74, 6) is 0. The monoisotopic (exact) mass is 238 g/mol. The second-order valence-electron chi connectivity index (χ2n) is 3.15. The van der Waals surface area contributed by atoms with Gasteiger partial charge < -0.3 is 0 Å². The third kappa shape index (κ3) is 1.63. The van der Waals surface area contributed by atoms with E-state index in [9.17, 15) is 10.1 Å². The minimum atomic E-state index is -0.491. The van der Waals surface area contributed by atoms with Gasteiger partial charge in [0.2, 0.25) is 0 Å². The van der Waals surface area contributed by atoms with Crippen LogP contribution in [-0.4, -0.2) is 20.3 Å². The van der Waals surface area contributed by atoms with Gasteiger partial charge in [-0.3, -0.25) is 10.1 Å².